The zero-order chi connectivity index (χ0) is 32.0. The number of ether oxygens (including phenoxy) is 3. The van der Waals surface area contributed by atoms with E-state index in [-0.39, 0.29) is 45.7 Å². The van der Waals surface area contributed by atoms with Crippen molar-refractivity contribution in [2.45, 2.75) is 154 Å². The van der Waals surface area contributed by atoms with E-state index in [2.05, 4.69) is 34.6 Å². The summed E-state index contributed by atoms with van der Waals surface area (Å²) in [6.07, 6.45) is 0.672. The van der Waals surface area contributed by atoms with Crippen LogP contribution in [0.5, 0.6) is 0 Å². The zero-order valence-electron chi connectivity index (χ0n) is 27.6. The highest BCUT2D eigenvalue weighted by atomic mass is 16.7. The largest absolute Gasteiger partial charge is 0.489 e. The van der Waals surface area contributed by atoms with Gasteiger partial charge < -0.3 is 44.8 Å². The quantitative estimate of drug-likeness (QED) is 0.261. The zero-order valence-corrected chi connectivity index (χ0v) is 27.6. The molecule has 4 saturated carbocycles. The van der Waals surface area contributed by atoms with Gasteiger partial charge in [0.25, 0.3) is 0 Å². The van der Waals surface area contributed by atoms with Gasteiger partial charge in [-0.2, -0.15) is 0 Å². The molecule has 2 spiro atoms. The Morgan fingerprint density at radius 3 is 2.25 bits per heavy atom. The van der Waals surface area contributed by atoms with Crippen LogP contribution in [0, 0.1) is 44.8 Å². The van der Waals surface area contributed by atoms with Crippen molar-refractivity contribution in [2.24, 2.45) is 44.8 Å². The molecular formula is C35H56O9. The van der Waals surface area contributed by atoms with Crippen molar-refractivity contribution in [1.29, 1.82) is 0 Å². The highest BCUT2D eigenvalue weighted by Crippen LogP contribution is 2.89. The minimum Gasteiger partial charge on any atom is -0.489 e. The molecule has 1 saturated heterocycles. The van der Waals surface area contributed by atoms with Crippen LogP contribution in [0.3, 0.4) is 0 Å². The first-order chi connectivity index (χ1) is 20.4. The van der Waals surface area contributed by atoms with Gasteiger partial charge in [-0.3, -0.25) is 0 Å². The number of allylic oxidation sites excluding steroid dienone is 1. The summed E-state index contributed by atoms with van der Waals surface area (Å²) in [6, 6.07) is 0. The Balaban J connectivity index is 1.15. The van der Waals surface area contributed by atoms with E-state index >= 15 is 0 Å². The first kappa shape index (κ1) is 31.8. The molecule has 0 aromatic heterocycles. The maximum atomic E-state index is 12.3. The highest BCUT2D eigenvalue weighted by molar-refractivity contribution is 5.43. The summed E-state index contributed by atoms with van der Waals surface area (Å²) in [7, 11) is 0. The second-order valence-corrected chi connectivity index (χ2v) is 17.6. The smallest absolute Gasteiger partial charge is 0.186 e. The van der Waals surface area contributed by atoms with Crippen molar-refractivity contribution in [1.82, 2.24) is 0 Å². The summed E-state index contributed by atoms with van der Waals surface area (Å²) >= 11 is 0. The van der Waals surface area contributed by atoms with Crippen molar-refractivity contribution in [3.8, 4) is 0 Å². The van der Waals surface area contributed by atoms with Crippen LogP contribution in [-0.4, -0.2) is 91.9 Å². The molecule has 0 aromatic carbocycles. The van der Waals surface area contributed by atoms with E-state index in [9.17, 15) is 30.6 Å². The summed E-state index contributed by atoms with van der Waals surface area (Å²) < 4.78 is 18.6. The molecule has 0 bridgehead atoms. The lowest BCUT2D eigenvalue weighted by molar-refractivity contribution is -0.303. The summed E-state index contributed by atoms with van der Waals surface area (Å²) in [5.74, 6) is 1.57. The van der Waals surface area contributed by atoms with Crippen LogP contribution < -0.4 is 0 Å². The second-order valence-electron chi connectivity index (χ2n) is 17.6. The number of fused-ring (bicyclic) bond motifs is 3. The fraction of sp³-hybridized carbons (Fsp3) is 0.943. The summed E-state index contributed by atoms with van der Waals surface area (Å²) in [5.41, 5.74) is -0.502. The van der Waals surface area contributed by atoms with Crippen LogP contribution >= 0.6 is 0 Å². The fourth-order valence-electron chi connectivity index (χ4n) is 12.6. The predicted molar refractivity (Wildman–Crippen MR) is 161 cm³/mol. The molecule has 0 unspecified atom stereocenters. The van der Waals surface area contributed by atoms with Gasteiger partial charge in [0.15, 0.2) is 6.29 Å². The molecule has 9 heteroatoms. The molecule has 5 fully saturated rings. The van der Waals surface area contributed by atoms with Gasteiger partial charge >= 0.3 is 0 Å². The van der Waals surface area contributed by atoms with E-state index in [0.29, 0.717) is 24.0 Å². The van der Waals surface area contributed by atoms with Gasteiger partial charge in [-0.15, -0.1) is 0 Å². The summed E-state index contributed by atoms with van der Waals surface area (Å²) in [6.45, 7) is 14.6. The van der Waals surface area contributed by atoms with Crippen molar-refractivity contribution in [3.63, 3.8) is 0 Å². The first-order valence-electron chi connectivity index (χ1n) is 17.2. The van der Waals surface area contributed by atoms with E-state index in [1.807, 2.05) is 0 Å². The monoisotopic (exact) mass is 620 g/mol. The first-order valence-corrected chi connectivity index (χ1v) is 17.2. The Hall–Kier alpha value is -0.780. The number of rotatable bonds is 4. The molecule has 2 heterocycles. The maximum absolute atomic E-state index is 12.3. The average Bonchev–Trinajstić information content (AvgIpc) is 3.58. The SMILES string of the molecule is C[C@@H]1C[C@H]([C@@H](O)C(C)(C)O)OC2=C1[C@@]1(C)CC[C@@]34C[C@@]35CC[C@H](O[C@@H]3OC[C@H](O)[C@H](O)[C@H]3O)C(C)(C)[C@@H]5CC[C@H]4[C@]1(C)[C@H]2O. The Kier molecular flexibility index (Phi) is 6.97. The molecule has 0 radical (unpaired) electrons. The third-order valence-corrected chi connectivity index (χ3v) is 15.0. The van der Waals surface area contributed by atoms with Crippen molar-refractivity contribution < 1.29 is 44.8 Å². The van der Waals surface area contributed by atoms with Crippen LogP contribution in [-0.2, 0) is 14.2 Å². The average molecular weight is 621 g/mol. The lowest BCUT2D eigenvalue weighted by atomic mass is 9.41. The molecule has 6 N–H and O–H groups in total. The van der Waals surface area contributed by atoms with Gasteiger partial charge in [0.2, 0.25) is 0 Å². The van der Waals surface area contributed by atoms with Gasteiger partial charge in [-0.05, 0) is 105 Å². The molecule has 2 aliphatic heterocycles. The number of hydrogen-bond acceptors (Lipinski definition) is 9. The molecule has 0 amide bonds. The Morgan fingerprint density at radius 2 is 1.57 bits per heavy atom. The summed E-state index contributed by atoms with van der Waals surface area (Å²) in [4.78, 5) is 0. The maximum Gasteiger partial charge on any atom is 0.186 e. The van der Waals surface area contributed by atoms with Gasteiger partial charge in [0.05, 0.1) is 18.3 Å². The topological polar surface area (TPSA) is 149 Å². The van der Waals surface area contributed by atoms with Crippen LogP contribution in [0.1, 0.15) is 99.8 Å². The molecule has 15 atom stereocenters. The molecule has 44 heavy (non-hydrogen) atoms. The standard InChI is InChI=1S/C35H56O9/c1-17-14-19(27(39)31(4,5)41)43-26-23(17)32(6)12-13-35-16-34(35)11-10-22(44-29-25(38)24(37)18(36)15-42-29)30(2,3)20(34)8-9-21(35)33(32,7)28(26)40/h17-22,24-25,27-29,36-41H,8-16H2,1-7H3/t17-,18+,19-,20+,21+,22+,24+,25-,27-,28+,29+,32-,33-,34-,35+/m1/s1. The van der Waals surface area contributed by atoms with E-state index in [1.54, 1.807) is 13.8 Å². The Morgan fingerprint density at radius 1 is 0.909 bits per heavy atom. The third-order valence-electron chi connectivity index (χ3n) is 15.0. The van der Waals surface area contributed by atoms with Crippen LogP contribution in [0.4, 0.5) is 0 Å². The molecule has 7 rings (SSSR count). The minimum absolute atomic E-state index is 0.0638. The fourth-order valence-corrected chi connectivity index (χ4v) is 12.6. The van der Waals surface area contributed by atoms with E-state index in [0.717, 1.165) is 38.5 Å². The van der Waals surface area contributed by atoms with Gasteiger partial charge in [-0.1, -0.05) is 34.6 Å². The van der Waals surface area contributed by atoms with Crippen LogP contribution in [0.25, 0.3) is 0 Å². The van der Waals surface area contributed by atoms with E-state index < -0.39 is 48.5 Å². The van der Waals surface area contributed by atoms with E-state index in [1.165, 1.54) is 12.0 Å². The molecule has 0 aromatic rings. The molecule has 250 valence electrons. The Labute approximate surface area is 262 Å². The lowest BCUT2D eigenvalue weighted by Gasteiger charge is -2.63. The predicted octanol–water partition coefficient (Wildman–Crippen LogP) is 3.03. The minimum atomic E-state index is -1.30. The lowest BCUT2D eigenvalue weighted by Crippen LogP contribution is -2.61. The number of aliphatic hydroxyl groups excluding tert-OH is 5. The Bertz CT molecular complexity index is 1210. The van der Waals surface area contributed by atoms with Gasteiger partial charge in [-0.25, -0.2) is 0 Å². The van der Waals surface area contributed by atoms with Gasteiger partial charge in [0, 0.05) is 10.8 Å². The number of hydrogen-bond donors (Lipinski definition) is 6. The molecule has 5 aliphatic carbocycles. The van der Waals surface area contributed by atoms with E-state index in [4.69, 9.17) is 14.2 Å². The van der Waals surface area contributed by atoms with Crippen LogP contribution in [0.15, 0.2) is 11.3 Å². The third kappa shape index (κ3) is 3.81. The highest BCUT2D eigenvalue weighted by Gasteiger charge is 2.83. The van der Waals surface area contributed by atoms with Gasteiger partial charge in [0.1, 0.15) is 42.4 Å². The normalized spacial score (nSPS) is 55.1. The van der Waals surface area contributed by atoms with Crippen molar-refractivity contribution >= 4 is 0 Å². The molecule has 7 aliphatic rings. The summed E-state index contributed by atoms with van der Waals surface area (Å²) in [5, 5.41) is 64.6. The van der Waals surface area contributed by atoms with Crippen molar-refractivity contribution in [3.05, 3.63) is 11.3 Å². The molecular weight excluding hydrogens is 564 g/mol. The van der Waals surface area contributed by atoms with Crippen LogP contribution in [0.2, 0.25) is 0 Å². The second kappa shape index (κ2) is 9.65. The van der Waals surface area contributed by atoms with Crippen molar-refractivity contribution in [2.75, 3.05) is 6.61 Å². The molecule has 9 nitrogen and oxygen atoms in total. The number of aliphatic hydroxyl groups is 6.